The molecular formula is C25H21N21O. The molecule has 0 bridgehead atoms. The van der Waals surface area contributed by atoms with Crippen LogP contribution in [-0.4, -0.2) is 79.2 Å². The van der Waals surface area contributed by atoms with Gasteiger partial charge in [-0.15, -0.1) is 39.9 Å². The Morgan fingerprint density at radius 3 is 1.72 bits per heavy atom. The molecule has 22 heteroatoms. The zero-order valence-electron chi connectivity index (χ0n) is 25.4. The van der Waals surface area contributed by atoms with Crippen molar-refractivity contribution in [3.8, 4) is 24.0 Å². The number of nitriles is 1. The first-order valence-corrected chi connectivity index (χ1v) is 13.7. The lowest BCUT2D eigenvalue weighted by molar-refractivity contribution is 0.423. The number of aromatic nitrogens is 15. The van der Waals surface area contributed by atoms with Gasteiger partial charge in [-0.25, -0.2) is 4.85 Å². The highest BCUT2D eigenvalue weighted by atomic mass is 16.3. The number of aryl methyl sites for hydroxylation is 6. The Balaban J connectivity index is 1.35. The van der Waals surface area contributed by atoms with Gasteiger partial charge in [0.15, 0.2) is 34.3 Å². The zero-order valence-corrected chi connectivity index (χ0v) is 25.4. The third-order valence-corrected chi connectivity index (χ3v) is 6.84. The number of nitrogens with zero attached hydrogens (tertiary/aromatic N) is 19. The Bertz CT molecular complexity index is 2360. The molecule has 0 aliphatic carbocycles. The molecule has 7 rings (SSSR count). The molecule has 0 amide bonds. The van der Waals surface area contributed by atoms with Crippen molar-refractivity contribution >= 4 is 40.0 Å². The van der Waals surface area contributed by atoms with Crippen molar-refractivity contribution in [1.29, 1.82) is 5.26 Å². The number of fused-ring (bicyclic) bond motifs is 2. The molecule has 7 aromatic heterocycles. The molecule has 0 atom stereocenters. The summed E-state index contributed by atoms with van der Waals surface area (Å²) in [5.74, 6) is 0.764. The Labute approximate surface area is 262 Å². The summed E-state index contributed by atoms with van der Waals surface area (Å²) in [7, 11) is 0. The van der Waals surface area contributed by atoms with Crippen molar-refractivity contribution in [2.45, 2.75) is 41.5 Å². The number of hydrogen-bond acceptors (Lipinski definition) is 15. The van der Waals surface area contributed by atoms with Gasteiger partial charge in [0, 0.05) is 0 Å². The van der Waals surface area contributed by atoms with E-state index in [4.69, 9.17) is 6.57 Å². The second-order valence-electron chi connectivity index (χ2n) is 10.2. The Kier molecular flexibility index (Phi) is 6.34. The van der Waals surface area contributed by atoms with Gasteiger partial charge in [0.25, 0.3) is 17.6 Å². The minimum absolute atomic E-state index is 0.0196. The van der Waals surface area contributed by atoms with Gasteiger partial charge in [-0.3, -0.25) is 0 Å². The highest BCUT2D eigenvalue weighted by molar-refractivity contribution is 5.69. The van der Waals surface area contributed by atoms with Crippen LogP contribution in [0.3, 0.4) is 0 Å². The van der Waals surface area contributed by atoms with E-state index in [1.54, 1.807) is 41.5 Å². The lowest BCUT2D eigenvalue weighted by atomic mass is 10.3. The molecule has 22 nitrogen and oxygen atoms in total. The number of nitrogens with one attached hydrogen (secondary N) is 2. The van der Waals surface area contributed by atoms with E-state index in [9.17, 15) is 10.4 Å². The maximum atomic E-state index is 10.6. The first-order chi connectivity index (χ1) is 22.6. The predicted octanol–water partition coefficient (Wildman–Crippen LogP) is 3.79. The summed E-state index contributed by atoms with van der Waals surface area (Å²) >= 11 is 0. The SMILES string of the molecule is [C-]#[N+]c1c(C)nn(-c2nc(O)nc(-n3nc(C)c(C#N)c3/N=N/c3c(C)nn4nc(C)[nH]c34)n2)c1/N=N/c1c(C)nn2nc(C)[nH]c12. The summed E-state index contributed by atoms with van der Waals surface area (Å²) in [4.78, 5) is 22.2. The minimum Gasteiger partial charge on any atom is -0.479 e. The van der Waals surface area contributed by atoms with Crippen LogP contribution in [0.15, 0.2) is 20.5 Å². The second-order valence-corrected chi connectivity index (χ2v) is 10.2. The largest absolute Gasteiger partial charge is 0.479 e. The molecule has 0 aliphatic rings. The van der Waals surface area contributed by atoms with E-state index < -0.39 is 6.01 Å². The smallest absolute Gasteiger partial charge is 0.320 e. The Morgan fingerprint density at radius 2 is 1.19 bits per heavy atom. The molecule has 232 valence electrons. The summed E-state index contributed by atoms with van der Waals surface area (Å²) < 4.78 is 5.07. The molecule has 0 aliphatic heterocycles. The fourth-order valence-corrected chi connectivity index (χ4v) is 4.76. The lowest BCUT2D eigenvalue weighted by Gasteiger charge is -2.06. The van der Waals surface area contributed by atoms with Gasteiger partial charge in [-0.05, 0) is 41.5 Å². The van der Waals surface area contributed by atoms with E-state index in [1.807, 2.05) is 0 Å². The van der Waals surface area contributed by atoms with Crippen molar-refractivity contribution in [2.75, 3.05) is 0 Å². The molecule has 0 aromatic carbocycles. The molecule has 0 saturated heterocycles. The van der Waals surface area contributed by atoms with E-state index >= 15 is 0 Å². The molecule has 47 heavy (non-hydrogen) atoms. The normalized spacial score (nSPS) is 11.9. The lowest BCUT2D eigenvalue weighted by Crippen LogP contribution is -2.10. The average molecular weight is 632 g/mol. The maximum absolute atomic E-state index is 10.6. The highest BCUT2D eigenvalue weighted by Gasteiger charge is 2.24. The number of rotatable bonds is 6. The summed E-state index contributed by atoms with van der Waals surface area (Å²) in [5.41, 5.74) is 3.65. The Morgan fingerprint density at radius 1 is 0.681 bits per heavy atom. The second kappa shape index (κ2) is 10.4. The number of aromatic amines is 2. The molecule has 7 aromatic rings. The molecule has 0 fully saturated rings. The summed E-state index contributed by atoms with van der Waals surface area (Å²) in [6.07, 6.45) is 0. The standard InChI is InChI=1S/C25H21N21O/c1-9-15(8-26)19(35-33-17-11(3)39-45-20(17)28-13(5)41-45)43(37-9)23-30-24(32-25(47)31-23)44-22(16(27-7)10(2)38-44)36-34-18-12(4)40-46-21(18)29-14(6)42-46/h1-6H3,(H,28,41)(H,29,42)(H,30,31,32,47)/b35-33+,36-34+. The first kappa shape index (κ1) is 28.5. The fraction of sp³-hybridized carbons (Fsp3) is 0.240. The summed E-state index contributed by atoms with van der Waals surface area (Å²) in [5, 5.41) is 63.8. The fourth-order valence-electron chi connectivity index (χ4n) is 4.76. The summed E-state index contributed by atoms with van der Waals surface area (Å²) in [6, 6.07) is 1.37. The van der Waals surface area contributed by atoms with Crippen LogP contribution in [0.2, 0.25) is 0 Å². The van der Waals surface area contributed by atoms with E-state index in [0.29, 0.717) is 57.1 Å². The topological polar surface area (TPSA) is 264 Å². The van der Waals surface area contributed by atoms with Gasteiger partial charge < -0.3 is 15.1 Å². The van der Waals surface area contributed by atoms with Gasteiger partial charge in [0.05, 0.1) is 29.3 Å². The monoisotopic (exact) mass is 631 g/mol. The zero-order chi connectivity index (χ0) is 33.1. The van der Waals surface area contributed by atoms with E-state index in [1.165, 1.54) is 9.26 Å². The van der Waals surface area contributed by atoms with Gasteiger partial charge in [0.1, 0.15) is 23.3 Å². The van der Waals surface area contributed by atoms with Crippen molar-refractivity contribution in [2.24, 2.45) is 20.5 Å². The molecule has 7 heterocycles. The molecule has 0 unspecified atom stereocenters. The minimum atomic E-state index is -0.704. The van der Waals surface area contributed by atoms with Gasteiger partial charge >= 0.3 is 6.01 Å². The molecule has 0 radical (unpaired) electrons. The van der Waals surface area contributed by atoms with Crippen molar-refractivity contribution in [3.63, 3.8) is 0 Å². The third-order valence-electron chi connectivity index (χ3n) is 6.84. The summed E-state index contributed by atoms with van der Waals surface area (Å²) in [6.45, 7) is 18.0. The number of H-pyrrole nitrogens is 2. The third kappa shape index (κ3) is 4.60. The van der Waals surface area contributed by atoms with Crippen LogP contribution in [-0.2, 0) is 0 Å². The molecular weight excluding hydrogens is 610 g/mol. The van der Waals surface area contributed by atoms with Crippen molar-refractivity contribution in [1.82, 2.24) is 74.1 Å². The molecule has 0 spiro atoms. The van der Waals surface area contributed by atoms with Crippen LogP contribution in [0.25, 0.3) is 28.0 Å². The first-order valence-electron chi connectivity index (χ1n) is 13.7. The van der Waals surface area contributed by atoms with Crippen molar-refractivity contribution in [3.05, 3.63) is 51.4 Å². The Hall–Kier alpha value is -7.23. The predicted molar refractivity (Wildman–Crippen MR) is 158 cm³/mol. The van der Waals surface area contributed by atoms with E-state index in [0.717, 1.165) is 9.36 Å². The maximum Gasteiger partial charge on any atom is 0.320 e. The number of aromatic hydroxyl groups is 1. The van der Waals surface area contributed by atoms with Crippen LogP contribution in [0.4, 0.5) is 28.7 Å². The van der Waals surface area contributed by atoms with Crippen molar-refractivity contribution < 1.29 is 5.11 Å². The van der Waals surface area contributed by atoms with Gasteiger partial charge in [-0.2, -0.15) is 50.0 Å². The average Bonchev–Trinajstić information content (AvgIpc) is 3.83. The number of hydrogen-bond donors (Lipinski definition) is 3. The number of azo groups is 2. The highest BCUT2D eigenvalue weighted by Crippen LogP contribution is 2.36. The van der Waals surface area contributed by atoms with Crippen LogP contribution in [0.1, 0.15) is 40.0 Å². The van der Waals surface area contributed by atoms with Crippen LogP contribution < -0.4 is 0 Å². The molecule has 3 N–H and O–H groups in total. The van der Waals surface area contributed by atoms with Crippen LogP contribution in [0.5, 0.6) is 6.01 Å². The van der Waals surface area contributed by atoms with Crippen LogP contribution in [0, 0.1) is 59.4 Å². The molecule has 0 saturated carbocycles. The van der Waals surface area contributed by atoms with Gasteiger partial charge in [0.2, 0.25) is 0 Å². The van der Waals surface area contributed by atoms with Crippen LogP contribution >= 0.6 is 0 Å². The van der Waals surface area contributed by atoms with E-state index in [-0.39, 0.29) is 34.8 Å². The van der Waals surface area contributed by atoms with Gasteiger partial charge in [-0.1, -0.05) is 0 Å². The quantitative estimate of drug-likeness (QED) is 0.175. The van der Waals surface area contributed by atoms with E-state index in [2.05, 4.69) is 86.9 Å².